The van der Waals surface area contributed by atoms with Crippen molar-refractivity contribution in [1.82, 2.24) is 0 Å². The smallest absolute Gasteiger partial charge is 0.266 e. The number of hydrogen-bond acceptors (Lipinski definition) is 3. The summed E-state index contributed by atoms with van der Waals surface area (Å²) >= 11 is 8.16. The van der Waals surface area contributed by atoms with E-state index in [-0.39, 0.29) is 11.7 Å². The van der Waals surface area contributed by atoms with E-state index >= 15 is 0 Å². The topological polar surface area (TPSA) is 32.7 Å². The average Bonchev–Trinajstić information content (AvgIpc) is 3.27. The highest BCUT2D eigenvalue weighted by Crippen LogP contribution is 2.39. The highest BCUT2D eigenvalue weighted by molar-refractivity contribution is 7.21. The Hall–Kier alpha value is -3.28. The predicted octanol–water partition coefficient (Wildman–Crippen LogP) is 6.53. The second kappa shape index (κ2) is 7.52. The van der Waals surface area contributed by atoms with Crippen LogP contribution in [0.2, 0.25) is 5.02 Å². The zero-order valence-corrected chi connectivity index (χ0v) is 17.1. The maximum Gasteiger partial charge on any atom is 0.282 e. The molecule has 4 aromatic rings. The highest BCUT2D eigenvalue weighted by Gasteiger charge is 2.34. The summed E-state index contributed by atoms with van der Waals surface area (Å²) in [5.41, 5.74) is 1.70. The zero-order chi connectivity index (χ0) is 20.7. The van der Waals surface area contributed by atoms with Gasteiger partial charge >= 0.3 is 0 Å². The Morgan fingerprint density at radius 3 is 2.37 bits per heavy atom. The molecular formula is C24H14ClFN2OS. The Balaban J connectivity index is 1.69. The minimum Gasteiger partial charge on any atom is -0.266 e. The van der Waals surface area contributed by atoms with Crippen molar-refractivity contribution in [2.45, 2.75) is 0 Å². The van der Waals surface area contributed by atoms with E-state index < -0.39 is 0 Å². The van der Waals surface area contributed by atoms with Crippen LogP contribution in [0.4, 0.5) is 10.1 Å². The SMILES string of the molecule is O=C1/C(=C\c2ccccc2)N=C(c2sc3ccccc3c2Cl)N1c1ccc(F)cc1. The lowest BCUT2D eigenvalue weighted by Crippen LogP contribution is -2.32. The standard InChI is InChI=1S/C24H14ClFN2OS/c25-21-18-8-4-5-9-20(18)30-22(21)23-27-19(14-15-6-2-1-3-7-15)24(29)28(23)17-12-10-16(26)11-13-17/h1-14H/b19-14+. The second-order valence-corrected chi connectivity index (χ2v) is 8.16. The van der Waals surface area contributed by atoms with Crippen molar-refractivity contribution in [1.29, 1.82) is 0 Å². The monoisotopic (exact) mass is 432 g/mol. The third-order valence-electron chi connectivity index (χ3n) is 4.79. The van der Waals surface area contributed by atoms with Gasteiger partial charge in [0.15, 0.2) is 5.84 Å². The van der Waals surface area contributed by atoms with Gasteiger partial charge in [0.1, 0.15) is 11.5 Å². The number of carbonyl (C=O) groups is 1. The summed E-state index contributed by atoms with van der Waals surface area (Å²) in [4.78, 5) is 20.2. The summed E-state index contributed by atoms with van der Waals surface area (Å²) in [5.74, 6) is -0.210. The molecule has 0 unspecified atom stereocenters. The number of hydrogen-bond donors (Lipinski definition) is 0. The van der Waals surface area contributed by atoms with E-state index in [1.54, 1.807) is 18.2 Å². The Bertz CT molecular complexity index is 1330. The zero-order valence-electron chi connectivity index (χ0n) is 15.5. The van der Waals surface area contributed by atoms with E-state index in [1.165, 1.54) is 28.4 Å². The first-order chi connectivity index (χ1) is 14.6. The number of amidine groups is 1. The molecule has 0 spiro atoms. The van der Waals surface area contributed by atoms with Crippen LogP contribution in [0, 0.1) is 5.82 Å². The first kappa shape index (κ1) is 18.7. The lowest BCUT2D eigenvalue weighted by atomic mass is 10.2. The molecule has 0 aliphatic carbocycles. The number of aliphatic imine (C=N–C) groups is 1. The number of carbonyl (C=O) groups excluding carboxylic acids is 1. The van der Waals surface area contributed by atoms with Crippen LogP contribution in [-0.2, 0) is 4.79 Å². The van der Waals surface area contributed by atoms with Crippen molar-refractivity contribution in [2.24, 2.45) is 4.99 Å². The molecule has 0 saturated carbocycles. The van der Waals surface area contributed by atoms with Crippen LogP contribution < -0.4 is 4.90 Å². The molecule has 1 aliphatic rings. The quantitative estimate of drug-likeness (QED) is 0.339. The molecule has 30 heavy (non-hydrogen) atoms. The number of anilines is 1. The normalized spacial score (nSPS) is 15.3. The van der Waals surface area contributed by atoms with Crippen LogP contribution >= 0.6 is 22.9 Å². The largest absolute Gasteiger partial charge is 0.282 e. The number of rotatable bonds is 3. The summed E-state index contributed by atoms with van der Waals surface area (Å²) in [6.45, 7) is 0. The average molecular weight is 433 g/mol. The van der Waals surface area contributed by atoms with Gasteiger partial charge in [-0.25, -0.2) is 9.38 Å². The number of amides is 1. The fourth-order valence-corrected chi connectivity index (χ4v) is 4.86. The van der Waals surface area contributed by atoms with Crippen molar-refractivity contribution in [2.75, 3.05) is 4.90 Å². The summed E-state index contributed by atoms with van der Waals surface area (Å²) in [6, 6.07) is 23.1. The van der Waals surface area contributed by atoms with E-state index in [2.05, 4.69) is 4.99 Å². The summed E-state index contributed by atoms with van der Waals surface area (Å²) in [5, 5.41) is 1.46. The number of benzene rings is 3. The van der Waals surface area contributed by atoms with Crippen molar-refractivity contribution < 1.29 is 9.18 Å². The van der Waals surface area contributed by atoms with Crippen LogP contribution in [0.3, 0.4) is 0 Å². The molecule has 1 aromatic heterocycles. The molecule has 0 bridgehead atoms. The molecule has 3 nitrogen and oxygen atoms in total. The van der Waals surface area contributed by atoms with E-state index in [0.29, 0.717) is 27.1 Å². The summed E-state index contributed by atoms with van der Waals surface area (Å²) in [6.07, 6.45) is 1.74. The number of fused-ring (bicyclic) bond motifs is 1. The second-order valence-electron chi connectivity index (χ2n) is 6.73. The molecule has 0 radical (unpaired) electrons. The molecule has 3 aromatic carbocycles. The summed E-state index contributed by atoms with van der Waals surface area (Å²) in [7, 11) is 0. The molecule has 0 N–H and O–H groups in total. The van der Waals surface area contributed by atoms with Gasteiger partial charge in [0.25, 0.3) is 5.91 Å². The molecular weight excluding hydrogens is 419 g/mol. The van der Waals surface area contributed by atoms with E-state index in [1.807, 2.05) is 54.6 Å². The van der Waals surface area contributed by atoms with Crippen LogP contribution in [0.5, 0.6) is 0 Å². The fourth-order valence-electron chi connectivity index (χ4n) is 3.36. The van der Waals surface area contributed by atoms with Gasteiger partial charge in [-0.1, -0.05) is 60.1 Å². The molecule has 2 heterocycles. The van der Waals surface area contributed by atoms with Gasteiger partial charge in [-0.15, -0.1) is 11.3 Å². The maximum absolute atomic E-state index is 13.5. The molecule has 0 saturated heterocycles. The lowest BCUT2D eigenvalue weighted by Gasteiger charge is -2.17. The van der Waals surface area contributed by atoms with Crippen molar-refractivity contribution in [3.8, 4) is 0 Å². The number of halogens is 2. The Morgan fingerprint density at radius 2 is 1.63 bits per heavy atom. The van der Waals surface area contributed by atoms with E-state index in [0.717, 1.165) is 15.6 Å². The van der Waals surface area contributed by atoms with Gasteiger partial charge in [0.2, 0.25) is 0 Å². The van der Waals surface area contributed by atoms with Gasteiger partial charge in [0.05, 0.1) is 15.6 Å². The fraction of sp³-hybridized carbons (Fsp3) is 0. The van der Waals surface area contributed by atoms with Gasteiger partial charge in [-0.3, -0.25) is 9.69 Å². The first-order valence-electron chi connectivity index (χ1n) is 9.25. The highest BCUT2D eigenvalue weighted by atomic mass is 35.5. The third kappa shape index (κ3) is 3.22. The van der Waals surface area contributed by atoms with Gasteiger partial charge in [0, 0.05) is 10.1 Å². The Morgan fingerprint density at radius 1 is 0.933 bits per heavy atom. The van der Waals surface area contributed by atoms with Gasteiger partial charge in [-0.05, 0) is 42.0 Å². The molecule has 1 amide bonds. The van der Waals surface area contributed by atoms with Gasteiger partial charge < -0.3 is 0 Å². The molecule has 1 aliphatic heterocycles. The van der Waals surface area contributed by atoms with Crippen LogP contribution in [0.25, 0.3) is 16.2 Å². The Kier molecular flexibility index (Phi) is 4.69. The number of thiophene rings is 1. The lowest BCUT2D eigenvalue weighted by molar-refractivity contribution is -0.113. The minimum absolute atomic E-state index is 0.283. The van der Waals surface area contributed by atoms with Crippen molar-refractivity contribution >= 4 is 56.5 Å². The predicted molar refractivity (Wildman–Crippen MR) is 122 cm³/mol. The van der Waals surface area contributed by atoms with Gasteiger partial charge in [-0.2, -0.15) is 0 Å². The molecule has 5 rings (SSSR count). The van der Waals surface area contributed by atoms with Crippen LogP contribution in [-0.4, -0.2) is 11.7 Å². The third-order valence-corrected chi connectivity index (χ3v) is 6.46. The van der Waals surface area contributed by atoms with E-state index in [4.69, 9.17) is 11.6 Å². The molecule has 6 heteroatoms. The van der Waals surface area contributed by atoms with Crippen LogP contribution in [0.1, 0.15) is 10.4 Å². The van der Waals surface area contributed by atoms with E-state index in [9.17, 15) is 9.18 Å². The van der Waals surface area contributed by atoms with Crippen molar-refractivity contribution in [3.05, 3.63) is 106 Å². The Labute approximate surface area is 181 Å². The van der Waals surface area contributed by atoms with Crippen LogP contribution in [0.15, 0.2) is 89.6 Å². The first-order valence-corrected chi connectivity index (χ1v) is 10.4. The molecule has 0 fully saturated rings. The van der Waals surface area contributed by atoms with Crippen molar-refractivity contribution in [3.63, 3.8) is 0 Å². The maximum atomic E-state index is 13.5. The molecule has 146 valence electrons. The summed E-state index contributed by atoms with van der Waals surface area (Å²) < 4.78 is 14.5. The molecule has 0 atom stereocenters. The minimum atomic E-state index is -0.371. The number of nitrogens with zero attached hydrogens (tertiary/aromatic N) is 2.